The minimum absolute atomic E-state index is 0.00343. The van der Waals surface area contributed by atoms with Crippen LogP contribution >= 0.6 is 0 Å². The van der Waals surface area contributed by atoms with Gasteiger partial charge >= 0.3 is 0 Å². The third kappa shape index (κ3) is 3.17. The Kier molecular flexibility index (Phi) is 5.08. The fourth-order valence-corrected chi connectivity index (χ4v) is 3.50. The lowest BCUT2D eigenvalue weighted by molar-refractivity contribution is -0.132. The highest BCUT2D eigenvalue weighted by atomic mass is 16.2. The Morgan fingerprint density at radius 2 is 1.90 bits per heavy atom. The lowest BCUT2D eigenvalue weighted by Crippen LogP contribution is -2.50. The van der Waals surface area contributed by atoms with E-state index in [4.69, 9.17) is 0 Å². The van der Waals surface area contributed by atoms with Gasteiger partial charge in [0.25, 0.3) is 0 Å². The summed E-state index contributed by atoms with van der Waals surface area (Å²) in [6, 6.07) is 0.526. The molecule has 0 aromatic rings. The molecule has 1 amide bonds. The Morgan fingerprint density at radius 3 is 2.45 bits per heavy atom. The first-order chi connectivity index (χ1) is 9.41. The predicted molar refractivity (Wildman–Crippen MR) is 82.4 cm³/mol. The molecule has 0 bridgehead atoms. The molecule has 116 valence electrons. The summed E-state index contributed by atoms with van der Waals surface area (Å²) in [5.74, 6) is 1.12. The molecule has 2 saturated heterocycles. The number of hydrogen-bond donors (Lipinski definition) is 1. The summed E-state index contributed by atoms with van der Waals surface area (Å²) in [6.45, 7) is 10.7. The molecule has 0 aliphatic carbocycles. The maximum absolute atomic E-state index is 12.7. The number of hydrogen-bond acceptors (Lipinski definition) is 3. The van der Waals surface area contributed by atoms with Gasteiger partial charge in [0.1, 0.15) is 0 Å². The van der Waals surface area contributed by atoms with Crippen molar-refractivity contribution in [2.75, 3.05) is 20.1 Å². The summed E-state index contributed by atoms with van der Waals surface area (Å²) in [6.07, 6.45) is 4.01. The zero-order valence-corrected chi connectivity index (χ0v) is 13.7. The zero-order chi connectivity index (χ0) is 14.9. The molecular formula is C16H31N3O. The van der Waals surface area contributed by atoms with E-state index in [1.165, 1.54) is 25.8 Å². The van der Waals surface area contributed by atoms with Crippen molar-refractivity contribution in [3.63, 3.8) is 0 Å². The first-order valence-electron chi connectivity index (χ1n) is 8.18. The van der Waals surface area contributed by atoms with Crippen LogP contribution in [-0.2, 0) is 4.79 Å². The molecule has 2 rings (SSSR count). The second-order valence-corrected chi connectivity index (χ2v) is 7.20. The minimum Gasteiger partial charge on any atom is -0.324 e. The van der Waals surface area contributed by atoms with Crippen molar-refractivity contribution in [2.45, 2.75) is 65.2 Å². The van der Waals surface area contributed by atoms with Crippen LogP contribution in [0.15, 0.2) is 0 Å². The molecule has 2 heterocycles. The summed E-state index contributed by atoms with van der Waals surface area (Å²) >= 11 is 0. The average Bonchev–Trinajstić information content (AvgIpc) is 2.70. The topological polar surface area (TPSA) is 35.6 Å². The second kappa shape index (κ2) is 6.44. The van der Waals surface area contributed by atoms with Crippen molar-refractivity contribution in [1.29, 1.82) is 0 Å². The van der Waals surface area contributed by atoms with Crippen molar-refractivity contribution in [3.05, 3.63) is 0 Å². The van der Waals surface area contributed by atoms with E-state index in [2.05, 4.69) is 49.9 Å². The van der Waals surface area contributed by atoms with Crippen molar-refractivity contribution in [2.24, 2.45) is 11.8 Å². The van der Waals surface area contributed by atoms with Gasteiger partial charge < -0.3 is 9.80 Å². The van der Waals surface area contributed by atoms with E-state index >= 15 is 0 Å². The first kappa shape index (κ1) is 15.8. The Hall–Kier alpha value is -0.610. The van der Waals surface area contributed by atoms with Crippen LogP contribution in [0.2, 0.25) is 0 Å². The third-order valence-corrected chi connectivity index (χ3v) is 4.86. The van der Waals surface area contributed by atoms with Crippen molar-refractivity contribution in [1.82, 2.24) is 15.1 Å². The smallest absolute Gasteiger partial charge is 0.241 e. The Morgan fingerprint density at radius 1 is 1.20 bits per heavy atom. The fraction of sp³-hybridized carbons (Fsp3) is 0.938. The summed E-state index contributed by atoms with van der Waals surface area (Å²) < 4.78 is 0. The van der Waals surface area contributed by atoms with Gasteiger partial charge in [-0.2, -0.15) is 0 Å². The quantitative estimate of drug-likeness (QED) is 0.855. The lowest BCUT2D eigenvalue weighted by atomic mass is 10.0. The Bertz CT molecular complexity index is 343. The van der Waals surface area contributed by atoms with Crippen molar-refractivity contribution < 1.29 is 4.79 Å². The summed E-state index contributed by atoms with van der Waals surface area (Å²) in [4.78, 5) is 17.2. The maximum Gasteiger partial charge on any atom is 0.241 e. The maximum atomic E-state index is 12.7. The van der Waals surface area contributed by atoms with Crippen LogP contribution in [0, 0.1) is 11.8 Å². The number of carbonyl (C=O) groups is 1. The summed E-state index contributed by atoms with van der Waals surface area (Å²) in [5.41, 5.74) is 0. The average molecular weight is 281 g/mol. The van der Waals surface area contributed by atoms with E-state index in [0.29, 0.717) is 23.8 Å². The van der Waals surface area contributed by atoms with Crippen molar-refractivity contribution >= 4 is 5.91 Å². The molecule has 1 N–H and O–H groups in total. The largest absolute Gasteiger partial charge is 0.324 e. The number of likely N-dealkylation sites (N-methyl/N-ethyl adjacent to an activating group) is 1. The molecule has 2 fully saturated rings. The molecule has 0 spiro atoms. The Balaban J connectivity index is 2.08. The number of amides is 1. The van der Waals surface area contributed by atoms with Gasteiger partial charge in [-0.3, -0.25) is 10.1 Å². The minimum atomic E-state index is -0.00343. The predicted octanol–water partition coefficient (Wildman–Crippen LogP) is 1.91. The normalized spacial score (nSPS) is 32.6. The number of piperidine rings is 1. The van der Waals surface area contributed by atoms with E-state index in [1.807, 2.05) is 0 Å². The number of rotatable bonds is 4. The highest BCUT2D eigenvalue weighted by Gasteiger charge is 2.42. The second-order valence-electron chi connectivity index (χ2n) is 7.20. The highest BCUT2D eigenvalue weighted by Crippen LogP contribution is 2.24. The van der Waals surface area contributed by atoms with Gasteiger partial charge in [-0.25, -0.2) is 0 Å². The SMILES string of the molecule is CC(C)C1NC(C(C)C)N(CC2CCCCN2C)C1=O. The molecule has 2 aliphatic heterocycles. The van der Waals surface area contributed by atoms with E-state index in [1.54, 1.807) is 0 Å². The van der Waals surface area contributed by atoms with E-state index in [-0.39, 0.29) is 12.2 Å². The van der Waals surface area contributed by atoms with Crippen LogP contribution in [0.4, 0.5) is 0 Å². The molecule has 3 unspecified atom stereocenters. The summed E-state index contributed by atoms with van der Waals surface area (Å²) in [7, 11) is 2.20. The molecule has 3 atom stereocenters. The molecule has 0 aromatic carbocycles. The van der Waals surface area contributed by atoms with Crippen LogP contribution in [-0.4, -0.2) is 54.1 Å². The van der Waals surface area contributed by atoms with Crippen molar-refractivity contribution in [3.8, 4) is 0 Å². The number of nitrogens with one attached hydrogen (secondary N) is 1. The number of likely N-dealkylation sites (tertiary alicyclic amines) is 1. The molecule has 0 radical (unpaired) electrons. The Labute approximate surface area is 123 Å². The van der Waals surface area contributed by atoms with Crippen LogP contribution in [0.3, 0.4) is 0 Å². The molecule has 2 aliphatic rings. The van der Waals surface area contributed by atoms with E-state index < -0.39 is 0 Å². The van der Waals surface area contributed by atoms with E-state index in [0.717, 1.165) is 6.54 Å². The van der Waals surface area contributed by atoms with Gasteiger partial charge in [0.15, 0.2) is 0 Å². The molecular weight excluding hydrogens is 250 g/mol. The number of nitrogens with zero attached hydrogens (tertiary/aromatic N) is 2. The number of carbonyl (C=O) groups excluding carboxylic acids is 1. The highest BCUT2D eigenvalue weighted by molar-refractivity contribution is 5.84. The third-order valence-electron chi connectivity index (χ3n) is 4.86. The van der Waals surface area contributed by atoms with Crippen LogP contribution < -0.4 is 5.32 Å². The van der Waals surface area contributed by atoms with Gasteiger partial charge in [-0.1, -0.05) is 34.1 Å². The van der Waals surface area contributed by atoms with Gasteiger partial charge in [0, 0.05) is 12.6 Å². The molecule has 20 heavy (non-hydrogen) atoms. The van der Waals surface area contributed by atoms with Crippen LogP contribution in [0.25, 0.3) is 0 Å². The molecule has 4 heteroatoms. The van der Waals surface area contributed by atoms with Crippen LogP contribution in [0.1, 0.15) is 47.0 Å². The monoisotopic (exact) mass is 281 g/mol. The van der Waals surface area contributed by atoms with Gasteiger partial charge in [0.05, 0.1) is 12.2 Å². The van der Waals surface area contributed by atoms with Gasteiger partial charge in [-0.15, -0.1) is 0 Å². The lowest BCUT2D eigenvalue weighted by Gasteiger charge is -2.37. The molecule has 0 aromatic heterocycles. The zero-order valence-electron chi connectivity index (χ0n) is 13.7. The van der Waals surface area contributed by atoms with Gasteiger partial charge in [0.2, 0.25) is 5.91 Å². The van der Waals surface area contributed by atoms with Gasteiger partial charge in [-0.05, 0) is 38.3 Å². The molecule has 4 nitrogen and oxygen atoms in total. The van der Waals surface area contributed by atoms with Crippen LogP contribution in [0.5, 0.6) is 0 Å². The summed E-state index contributed by atoms with van der Waals surface area (Å²) in [5, 5.41) is 3.55. The first-order valence-corrected chi connectivity index (χ1v) is 8.18. The standard InChI is InChI=1S/C16H31N3O/c1-11(2)14-16(20)19(15(17-14)12(3)4)10-13-8-6-7-9-18(13)5/h11-15,17H,6-10H2,1-5H3. The fourth-order valence-electron chi connectivity index (χ4n) is 3.50. The molecule has 0 saturated carbocycles. The van der Waals surface area contributed by atoms with E-state index in [9.17, 15) is 4.79 Å².